The summed E-state index contributed by atoms with van der Waals surface area (Å²) in [5, 5.41) is 0. The highest BCUT2D eigenvalue weighted by molar-refractivity contribution is 9.10. The van der Waals surface area contributed by atoms with E-state index in [0.29, 0.717) is 30.9 Å². The molecule has 1 atom stereocenters. The van der Waals surface area contributed by atoms with E-state index >= 15 is 0 Å². The van der Waals surface area contributed by atoms with Crippen LogP contribution in [0, 0.1) is 0 Å². The van der Waals surface area contributed by atoms with Gasteiger partial charge in [-0.2, -0.15) is 0 Å². The number of hydrogen-bond acceptors (Lipinski definition) is 5. The van der Waals surface area contributed by atoms with Crippen molar-refractivity contribution in [3.63, 3.8) is 0 Å². The summed E-state index contributed by atoms with van der Waals surface area (Å²) in [7, 11) is 0. The maximum absolute atomic E-state index is 13.2. The van der Waals surface area contributed by atoms with Crippen molar-refractivity contribution < 1.29 is 19.1 Å². The Morgan fingerprint density at radius 3 is 2.67 bits per heavy atom. The Balaban J connectivity index is 1.76. The van der Waals surface area contributed by atoms with Crippen molar-refractivity contribution in [2.24, 2.45) is 0 Å². The number of ether oxygens (including phenoxy) is 2. The summed E-state index contributed by atoms with van der Waals surface area (Å²) in [4.78, 5) is 33.2. The van der Waals surface area contributed by atoms with Gasteiger partial charge in [0.05, 0.1) is 12.2 Å². The molecule has 1 aromatic carbocycles. The lowest BCUT2D eigenvalue weighted by molar-refractivity contribution is -0.000948. The summed E-state index contributed by atoms with van der Waals surface area (Å²) in [6, 6.07) is 10.6. The average molecular weight is 476 g/mol. The van der Waals surface area contributed by atoms with Crippen molar-refractivity contribution in [2.75, 3.05) is 26.2 Å². The normalized spacial score (nSPS) is 16.9. The van der Waals surface area contributed by atoms with Gasteiger partial charge in [0.25, 0.3) is 5.91 Å². The fourth-order valence-electron chi connectivity index (χ4n) is 3.17. The molecule has 1 aliphatic heterocycles. The summed E-state index contributed by atoms with van der Waals surface area (Å²) >= 11 is 3.42. The van der Waals surface area contributed by atoms with Crippen LogP contribution < -0.4 is 4.74 Å². The van der Waals surface area contributed by atoms with E-state index in [0.717, 1.165) is 4.47 Å². The molecule has 1 unspecified atom stereocenters. The first-order valence-corrected chi connectivity index (χ1v) is 10.6. The highest BCUT2D eigenvalue weighted by atomic mass is 79.9. The van der Waals surface area contributed by atoms with E-state index in [1.54, 1.807) is 40.4 Å². The molecule has 2 heterocycles. The SMILES string of the molecule is CC(C)(C)OC(=O)N1CCN(C(=O)c2cccc(Br)c2)C(COc2cccnc2)C1. The maximum atomic E-state index is 13.2. The Morgan fingerprint density at radius 1 is 1.20 bits per heavy atom. The molecule has 1 aromatic heterocycles. The number of piperazine rings is 1. The van der Waals surface area contributed by atoms with Crippen LogP contribution >= 0.6 is 15.9 Å². The van der Waals surface area contributed by atoms with Crippen LogP contribution in [0.5, 0.6) is 5.75 Å². The van der Waals surface area contributed by atoms with Gasteiger partial charge in [-0.3, -0.25) is 9.78 Å². The predicted molar refractivity (Wildman–Crippen MR) is 117 cm³/mol. The first-order chi connectivity index (χ1) is 14.2. The van der Waals surface area contributed by atoms with Crippen molar-refractivity contribution in [2.45, 2.75) is 32.4 Å². The summed E-state index contributed by atoms with van der Waals surface area (Å²) in [5.41, 5.74) is 0.00340. The van der Waals surface area contributed by atoms with Gasteiger partial charge in [0.15, 0.2) is 0 Å². The van der Waals surface area contributed by atoms with Crippen LogP contribution in [0.2, 0.25) is 0 Å². The quantitative estimate of drug-likeness (QED) is 0.668. The van der Waals surface area contributed by atoms with E-state index in [-0.39, 0.29) is 24.6 Å². The van der Waals surface area contributed by atoms with Crippen LogP contribution in [-0.4, -0.2) is 64.7 Å². The fourth-order valence-corrected chi connectivity index (χ4v) is 3.57. The van der Waals surface area contributed by atoms with Gasteiger partial charge < -0.3 is 19.3 Å². The summed E-state index contributed by atoms with van der Waals surface area (Å²) in [6.07, 6.45) is 2.90. The predicted octanol–water partition coefficient (Wildman–Crippen LogP) is 3.98. The highest BCUT2D eigenvalue weighted by Gasteiger charge is 2.35. The van der Waals surface area contributed by atoms with Gasteiger partial charge >= 0.3 is 6.09 Å². The molecule has 0 N–H and O–H groups in total. The van der Waals surface area contributed by atoms with Gasteiger partial charge in [0, 0.05) is 35.9 Å². The lowest BCUT2D eigenvalue weighted by Gasteiger charge is -2.41. The molecule has 0 aliphatic carbocycles. The second-order valence-corrected chi connectivity index (χ2v) is 9.00. The van der Waals surface area contributed by atoms with Gasteiger partial charge in [-0.1, -0.05) is 22.0 Å². The van der Waals surface area contributed by atoms with Crippen LogP contribution in [-0.2, 0) is 4.74 Å². The van der Waals surface area contributed by atoms with Gasteiger partial charge in [-0.15, -0.1) is 0 Å². The van der Waals surface area contributed by atoms with Crippen LogP contribution in [0.1, 0.15) is 31.1 Å². The second-order valence-electron chi connectivity index (χ2n) is 8.09. The van der Waals surface area contributed by atoms with Crippen LogP contribution in [0.4, 0.5) is 4.79 Å². The third-order valence-electron chi connectivity index (χ3n) is 4.54. The molecule has 2 amide bonds. The lowest BCUT2D eigenvalue weighted by Crippen LogP contribution is -2.59. The molecule has 1 fully saturated rings. The van der Waals surface area contributed by atoms with E-state index in [2.05, 4.69) is 20.9 Å². The number of amides is 2. The molecular formula is C22H26BrN3O4. The minimum Gasteiger partial charge on any atom is -0.490 e. The topological polar surface area (TPSA) is 72.0 Å². The Kier molecular flexibility index (Phi) is 6.97. The zero-order valence-electron chi connectivity index (χ0n) is 17.4. The minimum atomic E-state index is -0.581. The number of benzene rings is 1. The lowest BCUT2D eigenvalue weighted by atomic mass is 10.1. The summed E-state index contributed by atoms with van der Waals surface area (Å²) in [5.74, 6) is 0.515. The summed E-state index contributed by atoms with van der Waals surface area (Å²) in [6.45, 7) is 6.87. The van der Waals surface area contributed by atoms with E-state index in [1.807, 2.05) is 39.0 Å². The van der Waals surface area contributed by atoms with Crippen LogP contribution in [0.15, 0.2) is 53.3 Å². The van der Waals surface area contributed by atoms with E-state index in [4.69, 9.17) is 9.47 Å². The zero-order chi connectivity index (χ0) is 21.7. The fraction of sp³-hybridized carbons (Fsp3) is 0.409. The summed E-state index contributed by atoms with van der Waals surface area (Å²) < 4.78 is 12.2. The van der Waals surface area contributed by atoms with Crippen molar-refractivity contribution in [3.05, 3.63) is 58.8 Å². The highest BCUT2D eigenvalue weighted by Crippen LogP contribution is 2.20. The number of halogens is 1. The van der Waals surface area contributed by atoms with E-state index in [9.17, 15) is 9.59 Å². The smallest absolute Gasteiger partial charge is 0.410 e. The monoisotopic (exact) mass is 475 g/mol. The third kappa shape index (κ3) is 5.95. The molecule has 0 saturated carbocycles. The maximum Gasteiger partial charge on any atom is 0.410 e. The van der Waals surface area contributed by atoms with Gasteiger partial charge in [0.1, 0.15) is 18.0 Å². The number of hydrogen-bond donors (Lipinski definition) is 0. The van der Waals surface area contributed by atoms with Crippen LogP contribution in [0.3, 0.4) is 0 Å². The molecular weight excluding hydrogens is 450 g/mol. The Morgan fingerprint density at radius 2 is 2.00 bits per heavy atom. The molecule has 30 heavy (non-hydrogen) atoms. The second kappa shape index (κ2) is 9.47. The van der Waals surface area contributed by atoms with Crippen LogP contribution in [0.25, 0.3) is 0 Å². The Bertz CT molecular complexity index is 885. The molecule has 2 aromatic rings. The first-order valence-electron chi connectivity index (χ1n) is 9.80. The van der Waals surface area contributed by atoms with Gasteiger partial charge in [-0.05, 0) is 51.1 Å². The van der Waals surface area contributed by atoms with Gasteiger partial charge in [0.2, 0.25) is 0 Å². The number of carbonyl (C=O) groups excluding carboxylic acids is 2. The molecule has 8 heteroatoms. The minimum absolute atomic E-state index is 0.0973. The van der Waals surface area contributed by atoms with E-state index in [1.165, 1.54) is 0 Å². The molecule has 0 radical (unpaired) electrons. The molecule has 1 aliphatic rings. The molecule has 1 saturated heterocycles. The Labute approximate surface area is 185 Å². The third-order valence-corrected chi connectivity index (χ3v) is 5.04. The number of pyridine rings is 1. The van der Waals surface area contributed by atoms with Gasteiger partial charge in [-0.25, -0.2) is 4.79 Å². The Hall–Kier alpha value is -2.61. The van der Waals surface area contributed by atoms with E-state index < -0.39 is 5.60 Å². The number of carbonyl (C=O) groups is 2. The molecule has 7 nitrogen and oxygen atoms in total. The molecule has 0 bridgehead atoms. The van der Waals surface area contributed by atoms with Crippen molar-refractivity contribution in [1.82, 2.24) is 14.8 Å². The standard InChI is InChI=1S/C22H26BrN3O4/c1-22(2,3)30-21(28)25-10-11-26(20(27)16-6-4-7-17(23)12-16)18(14-25)15-29-19-8-5-9-24-13-19/h4-9,12-13,18H,10-11,14-15H2,1-3H3. The zero-order valence-corrected chi connectivity index (χ0v) is 19.0. The number of nitrogens with zero attached hydrogens (tertiary/aromatic N) is 3. The molecule has 160 valence electrons. The number of rotatable bonds is 4. The average Bonchev–Trinajstić information content (AvgIpc) is 2.71. The first kappa shape index (κ1) is 22.1. The molecule has 0 spiro atoms. The van der Waals surface area contributed by atoms with Crippen molar-refractivity contribution >= 4 is 27.9 Å². The largest absolute Gasteiger partial charge is 0.490 e. The number of aromatic nitrogens is 1. The van der Waals surface area contributed by atoms with Crippen molar-refractivity contribution in [3.8, 4) is 5.75 Å². The van der Waals surface area contributed by atoms with Crippen molar-refractivity contribution in [1.29, 1.82) is 0 Å². The molecule has 3 rings (SSSR count).